The normalized spacial score (nSPS) is 10.8. The van der Waals surface area contributed by atoms with Crippen LogP contribution < -0.4 is 0 Å². The number of hydrogen-bond acceptors (Lipinski definition) is 0. The molecular formula is C15H13I. The van der Waals surface area contributed by atoms with Gasteiger partial charge < -0.3 is 0 Å². The van der Waals surface area contributed by atoms with E-state index in [0.29, 0.717) is 0 Å². The van der Waals surface area contributed by atoms with Crippen molar-refractivity contribution in [2.45, 2.75) is 6.42 Å². The fourth-order valence-corrected chi connectivity index (χ4v) is 1.88. The highest BCUT2D eigenvalue weighted by molar-refractivity contribution is 14.1. The van der Waals surface area contributed by atoms with E-state index in [4.69, 9.17) is 0 Å². The first kappa shape index (κ1) is 11.4. The van der Waals surface area contributed by atoms with Gasteiger partial charge in [-0.2, -0.15) is 0 Å². The third kappa shape index (κ3) is 3.49. The molecule has 0 aromatic heterocycles. The SMILES string of the molecule is Ic1ccc(CC=Cc2ccccc2)cc1. The molecule has 0 bridgehead atoms. The van der Waals surface area contributed by atoms with Gasteiger partial charge in [-0.05, 0) is 52.3 Å². The molecule has 1 heteroatoms. The van der Waals surface area contributed by atoms with Crippen LogP contribution in [-0.4, -0.2) is 0 Å². The second kappa shape index (κ2) is 5.85. The van der Waals surface area contributed by atoms with Gasteiger partial charge in [-0.15, -0.1) is 0 Å². The summed E-state index contributed by atoms with van der Waals surface area (Å²) in [6.45, 7) is 0. The van der Waals surface area contributed by atoms with Gasteiger partial charge in [-0.1, -0.05) is 54.6 Å². The lowest BCUT2D eigenvalue weighted by molar-refractivity contribution is 1.27. The fraction of sp³-hybridized carbons (Fsp3) is 0.0667. The molecule has 0 saturated carbocycles. The first-order chi connectivity index (χ1) is 7.84. The molecule has 0 amide bonds. The summed E-state index contributed by atoms with van der Waals surface area (Å²) in [6.07, 6.45) is 5.36. The Morgan fingerprint density at radius 1 is 0.875 bits per heavy atom. The van der Waals surface area contributed by atoms with Crippen molar-refractivity contribution in [3.05, 3.63) is 75.4 Å². The highest BCUT2D eigenvalue weighted by Gasteiger charge is 1.89. The molecular weight excluding hydrogens is 307 g/mol. The van der Waals surface area contributed by atoms with Crippen LogP contribution in [0.15, 0.2) is 60.7 Å². The minimum absolute atomic E-state index is 0.992. The van der Waals surface area contributed by atoms with E-state index in [1.807, 2.05) is 6.07 Å². The molecule has 2 rings (SSSR count). The van der Waals surface area contributed by atoms with E-state index < -0.39 is 0 Å². The van der Waals surface area contributed by atoms with Gasteiger partial charge in [0.25, 0.3) is 0 Å². The van der Waals surface area contributed by atoms with Crippen molar-refractivity contribution in [3.63, 3.8) is 0 Å². The van der Waals surface area contributed by atoms with E-state index in [2.05, 4.69) is 83.3 Å². The lowest BCUT2D eigenvalue weighted by Crippen LogP contribution is -1.80. The Hall–Kier alpha value is -1.09. The molecule has 0 radical (unpaired) electrons. The summed E-state index contributed by atoms with van der Waals surface area (Å²) >= 11 is 2.33. The van der Waals surface area contributed by atoms with Crippen LogP contribution in [0.3, 0.4) is 0 Å². The van der Waals surface area contributed by atoms with Gasteiger partial charge in [0.05, 0.1) is 0 Å². The Kier molecular flexibility index (Phi) is 4.17. The van der Waals surface area contributed by atoms with Crippen LogP contribution in [0.1, 0.15) is 11.1 Å². The van der Waals surface area contributed by atoms with Gasteiger partial charge >= 0.3 is 0 Å². The van der Waals surface area contributed by atoms with Crippen LogP contribution in [0.25, 0.3) is 6.08 Å². The molecule has 2 aromatic rings. The van der Waals surface area contributed by atoms with Crippen LogP contribution in [-0.2, 0) is 6.42 Å². The molecule has 0 aliphatic heterocycles. The second-order valence-electron chi connectivity index (χ2n) is 3.64. The van der Waals surface area contributed by atoms with Crippen molar-refractivity contribution in [2.24, 2.45) is 0 Å². The van der Waals surface area contributed by atoms with E-state index in [1.54, 1.807) is 0 Å². The zero-order chi connectivity index (χ0) is 11.2. The second-order valence-corrected chi connectivity index (χ2v) is 4.89. The third-order valence-electron chi connectivity index (χ3n) is 2.38. The number of halogens is 1. The van der Waals surface area contributed by atoms with Crippen molar-refractivity contribution in [2.75, 3.05) is 0 Å². The van der Waals surface area contributed by atoms with Crippen molar-refractivity contribution in [1.29, 1.82) is 0 Å². The molecule has 0 spiro atoms. The van der Waals surface area contributed by atoms with Crippen molar-refractivity contribution >= 4 is 28.7 Å². The van der Waals surface area contributed by atoms with Crippen LogP contribution in [0.4, 0.5) is 0 Å². The molecule has 0 nitrogen and oxygen atoms in total. The third-order valence-corrected chi connectivity index (χ3v) is 3.10. The Labute approximate surface area is 110 Å². The zero-order valence-corrected chi connectivity index (χ0v) is 11.1. The van der Waals surface area contributed by atoms with Gasteiger partial charge in [-0.3, -0.25) is 0 Å². The van der Waals surface area contributed by atoms with Crippen LogP contribution in [0, 0.1) is 3.57 Å². The minimum atomic E-state index is 0.992. The maximum atomic E-state index is 2.33. The zero-order valence-electron chi connectivity index (χ0n) is 8.94. The first-order valence-corrected chi connectivity index (χ1v) is 6.38. The Morgan fingerprint density at radius 2 is 1.56 bits per heavy atom. The fourth-order valence-electron chi connectivity index (χ4n) is 1.52. The topological polar surface area (TPSA) is 0 Å². The van der Waals surface area contributed by atoms with Gasteiger partial charge in [0.1, 0.15) is 0 Å². The van der Waals surface area contributed by atoms with Crippen molar-refractivity contribution in [1.82, 2.24) is 0 Å². The van der Waals surface area contributed by atoms with Gasteiger partial charge in [0, 0.05) is 3.57 Å². The molecule has 0 atom stereocenters. The van der Waals surface area contributed by atoms with Crippen LogP contribution >= 0.6 is 22.6 Å². The summed E-state index contributed by atoms with van der Waals surface area (Å²) in [5.74, 6) is 0. The minimum Gasteiger partial charge on any atom is -0.0795 e. The Morgan fingerprint density at radius 3 is 2.25 bits per heavy atom. The lowest BCUT2D eigenvalue weighted by atomic mass is 10.1. The summed E-state index contributed by atoms with van der Waals surface area (Å²) in [7, 11) is 0. The molecule has 0 aliphatic carbocycles. The lowest BCUT2D eigenvalue weighted by Gasteiger charge is -1.96. The Bertz CT molecular complexity index is 455. The predicted molar refractivity (Wildman–Crippen MR) is 78.3 cm³/mol. The molecule has 80 valence electrons. The van der Waals surface area contributed by atoms with Gasteiger partial charge in [-0.25, -0.2) is 0 Å². The number of allylic oxidation sites excluding steroid dienone is 1. The molecule has 0 unspecified atom stereocenters. The Balaban J connectivity index is 1.97. The molecule has 2 aromatic carbocycles. The molecule has 0 aliphatic rings. The molecule has 0 fully saturated rings. The van der Waals surface area contributed by atoms with E-state index in [9.17, 15) is 0 Å². The molecule has 0 saturated heterocycles. The molecule has 0 heterocycles. The smallest absolute Gasteiger partial charge is 0.0130 e. The van der Waals surface area contributed by atoms with Gasteiger partial charge in [0.2, 0.25) is 0 Å². The quantitative estimate of drug-likeness (QED) is 0.728. The average molecular weight is 320 g/mol. The summed E-state index contributed by atoms with van der Waals surface area (Å²) in [5, 5.41) is 0. The van der Waals surface area contributed by atoms with E-state index in [-0.39, 0.29) is 0 Å². The van der Waals surface area contributed by atoms with E-state index in [0.717, 1.165) is 6.42 Å². The first-order valence-electron chi connectivity index (χ1n) is 5.30. The largest absolute Gasteiger partial charge is 0.0795 e. The van der Waals surface area contributed by atoms with Gasteiger partial charge in [0.15, 0.2) is 0 Å². The van der Waals surface area contributed by atoms with Crippen molar-refractivity contribution in [3.8, 4) is 0 Å². The molecule has 0 N–H and O–H groups in total. The maximum absolute atomic E-state index is 2.33. The average Bonchev–Trinajstić information content (AvgIpc) is 2.33. The van der Waals surface area contributed by atoms with E-state index in [1.165, 1.54) is 14.7 Å². The van der Waals surface area contributed by atoms with Crippen molar-refractivity contribution < 1.29 is 0 Å². The summed E-state index contributed by atoms with van der Waals surface area (Å²) < 4.78 is 1.29. The summed E-state index contributed by atoms with van der Waals surface area (Å²) in [4.78, 5) is 0. The van der Waals surface area contributed by atoms with E-state index >= 15 is 0 Å². The highest BCUT2D eigenvalue weighted by Crippen LogP contribution is 2.08. The standard InChI is InChI=1S/C15H13I/c16-15-11-9-14(10-12-15)8-4-7-13-5-2-1-3-6-13/h1-7,9-12H,8H2. The number of hydrogen-bond donors (Lipinski definition) is 0. The molecule has 16 heavy (non-hydrogen) atoms. The predicted octanol–water partition coefficient (Wildman–Crippen LogP) is 4.55. The van der Waals surface area contributed by atoms with Crippen LogP contribution in [0.5, 0.6) is 0 Å². The monoisotopic (exact) mass is 320 g/mol. The maximum Gasteiger partial charge on any atom is 0.0130 e. The number of rotatable bonds is 3. The summed E-state index contributed by atoms with van der Waals surface area (Å²) in [6, 6.07) is 19.0. The summed E-state index contributed by atoms with van der Waals surface area (Å²) in [5.41, 5.74) is 2.61. The van der Waals surface area contributed by atoms with Crippen LogP contribution in [0.2, 0.25) is 0 Å². The number of benzene rings is 2. The highest BCUT2D eigenvalue weighted by atomic mass is 127.